The maximum atomic E-state index is 6.00. The first-order chi connectivity index (χ1) is 8.61. The van der Waals surface area contributed by atoms with E-state index >= 15 is 0 Å². The molecule has 0 fully saturated rings. The van der Waals surface area contributed by atoms with Crippen molar-refractivity contribution in [2.45, 2.75) is 32.7 Å². The minimum absolute atomic E-state index is 0.0798. The lowest BCUT2D eigenvalue weighted by Gasteiger charge is -2.04. The zero-order valence-corrected chi connectivity index (χ0v) is 11.4. The van der Waals surface area contributed by atoms with Crippen LogP contribution in [-0.2, 0) is 0 Å². The first-order valence-electron chi connectivity index (χ1n) is 6.10. The molecule has 2 N–H and O–H groups in total. The number of hydrogen-bond acceptors (Lipinski definition) is 3. The lowest BCUT2D eigenvalue weighted by atomic mass is 10.0. The average Bonchev–Trinajstić information content (AvgIpc) is 2.78. The summed E-state index contributed by atoms with van der Waals surface area (Å²) in [6.45, 7) is 4.10. The molecule has 0 aliphatic carbocycles. The number of nitrogens with zero attached hydrogens (tertiary/aromatic N) is 1. The number of aromatic nitrogens is 1. The van der Waals surface area contributed by atoms with Gasteiger partial charge in [-0.1, -0.05) is 36.2 Å². The largest absolute Gasteiger partial charge is 0.359 e. The summed E-state index contributed by atoms with van der Waals surface area (Å²) >= 11 is 5.94. The number of benzene rings is 1. The number of aryl methyl sites for hydroxylation is 1. The van der Waals surface area contributed by atoms with Crippen LogP contribution in [0.1, 0.15) is 37.1 Å². The number of rotatable bonds is 4. The molecular weight excluding hydrogens is 248 g/mol. The zero-order valence-electron chi connectivity index (χ0n) is 10.6. The van der Waals surface area contributed by atoms with Crippen LogP contribution in [0.15, 0.2) is 28.8 Å². The van der Waals surface area contributed by atoms with Crippen molar-refractivity contribution in [3.63, 3.8) is 0 Å². The van der Waals surface area contributed by atoms with Crippen molar-refractivity contribution in [1.29, 1.82) is 0 Å². The van der Waals surface area contributed by atoms with Gasteiger partial charge in [-0.05, 0) is 31.0 Å². The standard InChI is InChI=1S/C14H17ClN2O/c1-3-4-12(16)14-8-13(17-18-14)11-6-5-10(15)7-9(11)2/h5-8,12H,3-4,16H2,1-2H3. The summed E-state index contributed by atoms with van der Waals surface area (Å²) in [5.74, 6) is 0.737. The van der Waals surface area contributed by atoms with Crippen molar-refractivity contribution in [2.75, 3.05) is 0 Å². The van der Waals surface area contributed by atoms with Crippen LogP contribution in [0, 0.1) is 6.92 Å². The number of hydrogen-bond donors (Lipinski definition) is 1. The molecular formula is C14H17ClN2O. The summed E-state index contributed by atoms with van der Waals surface area (Å²) in [7, 11) is 0. The minimum Gasteiger partial charge on any atom is -0.359 e. The lowest BCUT2D eigenvalue weighted by molar-refractivity contribution is 0.356. The topological polar surface area (TPSA) is 52.0 Å². The van der Waals surface area contributed by atoms with Crippen molar-refractivity contribution in [3.8, 4) is 11.3 Å². The van der Waals surface area contributed by atoms with E-state index in [2.05, 4.69) is 12.1 Å². The molecule has 1 aromatic carbocycles. The molecule has 0 bridgehead atoms. The van der Waals surface area contributed by atoms with Crippen LogP contribution >= 0.6 is 11.6 Å². The monoisotopic (exact) mass is 264 g/mol. The second-order valence-electron chi connectivity index (χ2n) is 4.47. The molecule has 3 nitrogen and oxygen atoms in total. The summed E-state index contributed by atoms with van der Waals surface area (Å²) in [4.78, 5) is 0. The van der Waals surface area contributed by atoms with Gasteiger partial charge in [0.25, 0.3) is 0 Å². The van der Waals surface area contributed by atoms with Crippen molar-refractivity contribution in [2.24, 2.45) is 5.73 Å². The molecule has 96 valence electrons. The van der Waals surface area contributed by atoms with E-state index in [4.69, 9.17) is 21.9 Å². The smallest absolute Gasteiger partial charge is 0.154 e. The molecule has 0 radical (unpaired) electrons. The highest BCUT2D eigenvalue weighted by Gasteiger charge is 2.14. The Morgan fingerprint density at radius 1 is 1.39 bits per heavy atom. The van der Waals surface area contributed by atoms with Gasteiger partial charge in [-0.25, -0.2) is 0 Å². The van der Waals surface area contributed by atoms with Gasteiger partial charge in [0.1, 0.15) is 5.69 Å². The third-order valence-corrected chi connectivity index (χ3v) is 3.19. The van der Waals surface area contributed by atoms with Crippen molar-refractivity contribution >= 4 is 11.6 Å². The Bertz CT molecular complexity index is 536. The predicted molar refractivity (Wildman–Crippen MR) is 73.5 cm³/mol. The van der Waals surface area contributed by atoms with E-state index < -0.39 is 0 Å². The number of nitrogens with two attached hydrogens (primary N) is 1. The number of halogens is 1. The summed E-state index contributed by atoms with van der Waals surface area (Å²) in [5, 5.41) is 4.81. The molecule has 2 rings (SSSR count). The summed E-state index contributed by atoms with van der Waals surface area (Å²) in [6, 6.07) is 7.55. The SMILES string of the molecule is CCCC(N)c1cc(-c2ccc(Cl)cc2C)no1. The van der Waals surface area contributed by atoms with Gasteiger partial charge in [0, 0.05) is 16.7 Å². The fourth-order valence-corrected chi connectivity index (χ4v) is 2.19. The highest BCUT2D eigenvalue weighted by atomic mass is 35.5. The van der Waals surface area contributed by atoms with E-state index in [1.54, 1.807) is 0 Å². The minimum atomic E-state index is -0.0798. The Hall–Kier alpha value is -1.32. The predicted octanol–water partition coefficient (Wildman–Crippen LogP) is 4.10. The highest BCUT2D eigenvalue weighted by molar-refractivity contribution is 6.30. The van der Waals surface area contributed by atoms with Gasteiger partial charge >= 0.3 is 0 Å². The van der Waals surface area contributed by atoms with Gasteiger partial charge < -0.3 is 10.3 Å². The molecule has 4 heteroatoms. The molecule has 0 amide bonds. The van der Waals surface area contributed by atoms with Gasteiger partial charge in [-0.15, -0.1) is 0 Å². The average molecular weight is 265 g/mol. The molecule has 0 aliphatic heterocycles. The van der Waals surface area contributed by atoms with Crippen LogP contribution in [0.5, 0.6) is 0 Å². The van der Waals surface area contributed by atoms with Crippen LogP contribution in [0.4, 0.5) is 0 Å². The van der Waals surface area contributed by atoms with E-state index in [1.165, 1.54) is 0 Å². The second kappa shape index (κ2) is 5.55. The quantitative estimate of drug-likeness (QED) is 0.904. The van der Waals surface area contributed by atoms with Gasteiger partial charge in [0.05, 0.1) is 6.04 Å². The zero-order chi connectivity index (χ0) is 13.1. The first kappa shape index (κ1) is 13.1. The first-order valence-corrected chi connectivity index (χ1v) is 6.48. The molecule has 2 aromatic rings. The van der Waals surface area contributed by atoms with Crippen LogP contribution in [-0.4, -0.2) is 5.16 Å². The van der Waals surface area contributed by atoms with E-state index in [0.29, 0.717) is 0 Å². The highest BCUT2D eigenvalue weighted by Crippen LogP contribution is 2.27. The summed E-state index contributed by atoms with van der Waals surface area (Å²) in [5.41, 5.74) is 8.92. The van der Waals surface area contributed by atoms with E-state index in [-0.39, 0.29) is 6.04 Å². The van der Waals surface area contributed by atoms with Crippen molar-refractivity contribution in [1.82, 2.24) is 5.16 Å². The van der Waals surface area contributed by atoms with Gasteiger partial charge in [0.15, 0.2) is 5.76 Å². The summed E-state index contributed by atoms with van der Waals surface area (Å²) < 4.78 is 5.31. The molecule has 0 spiro atoms. The lowest BCUT2D eigenvalue weighted by Crippen LogP contribution is -2.08. The maximum Gasteiger partial charge on any atom is 0.154 e. The van der Waals surface area contributed by atoms with Crippen LogP contribution < -0.4 is 5.73 Å². The van der Waals surface area contributed by atoms with Crippen LogP contribution in [0.2, 0.25) is 5.02 Å². The molecule has 1 unspecified atom stereocenters. The Morgan fingerprint density at radius 3 is 2.83 bits per heavy atom. The second-order valence-corrected chi connectivity index (χ2v) is 4.91. The normalized spacial score (nSPS) is 12.7. The Kier molecular flexibility index (Phi) is 4.04. The Labute approximate surface area is 112 Å². The van der Waals surface area contributed by atoms with E-state index in [0.717, 1.165) is 40.4 Å². The van der Waals surface area contributed by atoms with Gasteiger partial charge in [0.2, 0.25) is 0 Å². The Balaban J connectivity index is 2.29. The summed E-state index contributed by atoms with van der Waals surface area (Å²) in [6.07, 6.45) is 1.92. The third kappa shape index (κ3) is 2.74. The van der Waals surface area contributed by atoms with Crippen molar-refractivity contribution in [3.05, 3.63) is 40.6 Å². The Morgan fingerprint density at radius 2 is 2.17 bits per heavy atom. The molecule has 1 heterocycles. The van der Waals surface area contributed by atoms with Crippen LogP contribution in [0.25, 0.3) is 11.3 Å². The molecule has 18 heavy (non-hydrogen) atoms. The fourth-order valence-electron chi connectivity index (χ4n) is 1.96. The maximum absolute atomic E-state index is 6.00. The van der Waals surface area contributed by atoms with Gasteiger partial charge in [-0.3, -0.25) is 0 Å². The van der Waals surface area contributed by atoms with E-state index in [1.807, 2.05) is 31.2 Å². The molecule has 1 aromatic heterocycles. The van der Waals surface area contributed by atoms with Gasteiger partial charge in [-0.2, -0.15) is 0 Å². The molecule has 0 saturated heterocycles. The molecule has 0 aliphatic rings. The van der Waals surface area contributed by atoms with E-state index in [9.17, 15) is 0 Å². The third-order valence-electron chi connectivity index (χ3n) is 2.96. The van der Waals surface area contributed by atoms with Crippen molar-refractivity contribution < 1.29 is 4.52 Å². The molecule has 1 atom stereocenters. The van der Waals surface area contributed by atoms with Crippen LogP contribution in [0.3, 0.4) is 0 Å². The fraction of sp³-hybridized carbons (Fsp3) is 0.357. The molecule has 0 saturated carbocycles.